The molecule has 1 aliphatic heterocycles. The predicted molar refractivity (Wildman–Crippen MR) is 92.4 cm³/mol. The highest BCUT2D eigenvalue weighted by atomic mass is 16.4. The van der Waals surface area contributed by atoms with Gasteiger partial charge in [-0.3, -0.25) is 0 Å². The van der Waals surface area contributed by atoms with Crippen molar-refractivity contribution in [1.29, 1.82) is 0 Å². The third kappa shape index (κ3) is 4.35. The highest BCUT2D eigenvalue weighted by Gasteiger charge is 2.26. The summed E-state index contributed by atoms with van der Waals surface area (Å²) < 4.78 is 5.67. The average Bonchev–Trinajstić information content (AvgIpc) is 3.09. The van der Waals surface area contributed by atoms with Crippen LogP contribution in [0, 0.1) is 5.41 Å². The van der Waals surface area contributed by atoms with E-state index in [1.165, 1.54) is 0 Å². The van der Waals surface area contributed by atoms with Crippen LogP contribution in [0.3, 0.4) is 0 Å². The molecule has 0 saturated carbocycles. The number of amides is 2. The zero-order chi connectivity index (χ0) is 16.8. The lowest BCUT2D eigenvalue weighted by molar-refractivity contribution is 0.210. The van der Waals surface area contributed by atoms with Gasteiger partial charge in [-0.15, -0.1) is 0 Å². The topological polar surface area (TPSA) is 79.2 Å². The summed E-state index contributed by atoms with van der Waals surface area (Å²) in [6.07, 6.45) is 3.96. The molecule has 1 aromatic carbocycles. The van der Waals surface area contributed by atoms with Gasteiger partial charge in [-0.2, -0.15) is 0 Å². The molecule has 1 aliphatic rings. The lowest BCUT2D eigenvalue weighted by Gasteiger charge is -2.34. The van der Waals surface area contributed by atoms with Gasteiger partial charge in [0, 0.05) is 18.7 Å². The number of nitrogens with zero attached hydrogens (tertiary/aromatic N) is 1. The molecule has 1 fully saturated rings. The first-order valence-electron chi connectivity index (χ1n) is 8.37. The molecule has 2 aromatic rings. The minimum Gasteiger partial charge on any atom is -0.439 e. The Morgan fingerprint density at radius 3 is 2.92 bits per heavy atom. The zero-order valence-corrected chi connectivity index (χ0v) is 14.0. The first-order chi connectivity index (χ1) is 11.6. The van der Waals surface area contributed by atoms with Gasteiger partial charge in [0.25, 0.3) is 0 Å². The lowest BCUT2D eigenvalue weighted by atomic mass is 9.83. The second-order valence-electron chi connectivity index (χ2n) is 6.61. The number of carbonyl (C=O) groups excluding carboxylic acids is 1. The highest BCUT2D eigenvalue weighted by molar-refractivity contribution is 5.73. The fourth-order valence-corrected chi connectivity index (χ4v) is 2.91. The summed E-state index contributed by atoms with van der Waals surface area (Å²) in [5.74, 6) is 1.20. The molecule has 0 spiro atoms. The number of oxazole rings is 1. The van der Waals surface area contributed by atoms with E-state index in [-0.39, 0.29) is 18.0 Å². The Morgan fingerprint density at radius 2 is 2.17 bits per heavy atom. The summed E-state index contributed by atoms with van der Waals surface area (Å²) in [6.45, 7) is 5.13. The van der Waals surface area contributed by atoms with E-state index in [4.69, 9.17) is 4.42 Å². The lowest BCUT2D eigenvalue weighted by Crippen LogP contribution is -2.47. The zero-order valence-electron chi connectivity index (χ0n) is 14.0. The van der Waals surface area contributed by atoms with E-state index in [2.05, 4.69) is 27.9 Å². The van der Waals surface area contributed by atoms with Crippen molar-refractivity contribution in [3.8, 4) is 11.3 Å². The van der Waals surface area contributed by atoms with Crippen molar-refractivity contribution in [2.45, 2.75) is 26.3 Å². The number of nitrogens with one attached hydrogen (secondary N) is 3. The van der Waals surface area contributed by atoms with E-state index < -0.39 is 0 Å². The standard InChI is InChI=1S/C18H24N4O2/c1-18(8-5-9-19-12-18)13-22-17(23)21-11-16-20-10-15(24-16)14-6-3-2-4-7-14/h2-4,6-7,10,19H,5,8-9,11-13H2,1H3,(H2,21,22,23). The molecule has 0 bridgehead atoms. The van der Waals surface area contributed by atoms with Crippen molar-refractivity contribution in [3.05, 3.63) is 42.4 Å². The molecule has 6 nitrogen and oxygen atoms in total. The fraction of sp³-hybridized carbons (Fsp3) is 0.444. The van der Waals surface area contributed by atoms with Crippen LogP contribution in [0.4, 0.5) is 4.79 Å². The summed E-state index contributed by atoms with van der Waals surface area (Å²) in [5, 5.41) is 9.11. The highest BCUT2D eigenvalue weighted by Crippen LogP contribution is 2.24. The summed E-state index contributed by atoms with van der Waals surface area (Å²) in [6, 6.07) is 9.58. The molecular formula is C18H24N4O2. The number of rotatable bonds is 5. The summed E-state index contributed by atoms with van der Waals surface area (Å²) >= 11 is 0. The second-order valence-corrected chi connectivity index (χ2v) is 6.61. The van der Waals surface area contributed by atoms with Crippen molar-refractivity contribution in [2.75, 3.05) is 19.6 Å². The van der Waals surface area contributed by atoms with Gasteiger partial charge in [0.2, 0.25) is 5.89 Å². The van der Waals surface area contributed by atoms with E-state index in [0.717, 1.165) is 31.5 Å². The molecule has 6 heteroatoms. The molecule has 0 radical (unpaired) electrons. The Morgan fingerprint density at radius 1 is 1.33 bits per heavy atom. The van der Waals surface area contributed by atoms with E-state index in [1.54, 1.807) is 6.20 Å². The Bertz CT molecular complexity index is 663. The quantitative estimate of drug-likeness (QED) is 0.788. The van der Waals surface area contributed by atoms with Gasteiger partial charge in [0.1, 0.15) is 0 Å². The Kier molecular flexibility index (Phi) is 5.15. The summed E-state index contributed by atoms with van der Waals surface area (Å²) in [5.41, 5.74) is 1.09. The van der Waals surface area contributed by atoms with Crippen LogP contribution in [0.5, 0.6) is 0 Å². The smallest absolute Gasteiger partial charge is 0.315 e. The van der Waals surface area contributed by atoms with Gasteiger partial charge in [0.15, 0.2) is 5.76 Å². The number of hydrogen-bond acceptors (Lipinski definition) is 4. The molecule has 1 atom stereocenters. The maximum atomic E-state index is 12.0. The molecule has 128 valence electrons. The van der Waals surface area contributed by atoms with E-state index in [1.807, 2.05) is 30.3 Å². The van der Waals surface area contributed by atoms with Crippen molar-refractivity contribution >= 4 is 6.03 Å². The molecule has 0 aliphatic carbocycles. The van der Waals surface area contributed by atoms with Crippen molar-refractivity contribution in [1.82, 2.24) is 20.9 Å². The summed E-state index contributed by atoms with van der Waals surface area (Å²) in [4.78, 5) is 16.2. The van der Waals surface area contributed by atoms with E-state index >= 15 is 0 Å². The van der Waals surface area contributed by atoms with Crippen LogP contribution in [0.25, 0.3) is 11.3 Å². The van der Waals surface area contributed by atoms with E-state index in [9.17, 15) is 4.79 Å². The number of aromatic nitrogens is 1. The fourth-order valence-electron chi connectivity index (χ4n) is 2.91. The monoisotopic (exact) mass is 328 g/mol. The number of carbonyl (C=O) groups is 1. The van der Waals surface area contributed by atoms with E-state index in [0.29, 0.717) is 18.2 Å². The van der Waals surface area contributed by atoms with Crippen LogP contribution in [-0.2, 0) is 6.54 Å². The third-order valence-electron chi connectivity index (χ3n) is 4.37. The Balaban J connectivity index is 1.46. The molecule has 24 heavy (non-hydrogen) atoms. The number of piperidine rings is 1. The van der Waals surface area contributed by atoms with Crippen LogP contribution < -0.4 is 16.0 Å². The maximum absolute atomic E-state index is 12.0. The number of urea groups is 1. The van der Waals surface area contributed by atoms with Crippen molar-refractivity contribution in [3.63, 3.8) is 0 Å². The van der Waals surface area contributed by atoms with Crippen LogP contribution >= 0.6 is 0 Å². The van der Waals surface area contributed by atoms with Gasteiger partial charge in [-0.25, -0.2) is 9.78 Å². The molecule has 3 N–H and O–H groups in total. The molecule has 2 heterocycles. The summed E-state index contributed by atoms with van der Waals surface area (Å²) in [7, 11) is 0. The normalized spacial score (nSPS) is 20.5. The number of hydrogen-bond donors (Lipinski definition) is 3. The Hall–Kier alpha value is -2.34. The number of benzene rings is 1. The van der Waals surface area contributed by atoms with Crippen molar-refractivity contribution < 1.29 is 9.21 Å². The van der Waals surface area contributed by atoms with Gasteiger partial charge in [-0.1, -0.05) is 37.3 Å². The van der Waals surface area contributed by atoms with Gasteiger partial charge in [0.05, 0.1) is 12.7 Å². The van der Waals surface area contributed by atoms with Crippen LogP contribution in [0.15, 0.2) is 40.9 Å². The first-order valence-corrected chi connectivity index (χ1v) is 8.37. The minimum absolute atomic E-state index is 0.124. The maximum Gasteiger partial charge on any atom is 0.315 e. The molecule has 3 rings (SSSR count). The van der Waals surface area contributed by atoms with Gasteiger partial charge in [-0.05, 0) is 24.8 Å². The van der Waals surface area contributed by atoms with Crippen LogP contribution in [0.1, 0.15) is 25.7 Å². The Labute approximate surface area is 142 Å². The molecule has 2 amide bonds. The van der Waals surface area contributed by atoms with Gasteiger partial charge < -0.3 is 20.4 Å². The second kappa shape index (κ2) is 7.49. The predicted octanol–water partition coefficient (Wildman–Crippen LogP) is 2.53. The third-order valence-corrected chi connectivity index (χ3v) is 4.37. The van der Waals surface area contributed by atoms with Gasteiger partial charge >= 0.3 is 6.03 Å². The van der Waals surface area contributed by atoms with Crippen LogP contribution in [-0.4, -0.2) is 30.6 Å². The van der Waals surface area contributed by atoms with Crippen LogP contribution in [0.2, 0.25) is 0 Å². The SMILES string of the molecule is CC1(CNC(=O)NCc2ncc(-c3ccccc3)o2)CCCNC1. The average molecular weight is 328 g/mol. The molecule has 1 saturated heterocycles. The van der Waals surface area contributed by atoms with Crippen molar-refractivity contribution in [2.24, 2.45) is 5.41 Å². The first kappa shape index (κ1) is 16.5. The molecule has 1 unspecified atom stereocenters. The largest absolute Gasteiger partial charge is 0.439 e. The molecular weight excluding hydrogens is 304 g/mol. The minimum atomic E-state index is -0.193. The molecule has 1 aromatic heterocycles.